The summed E-state index contributed by atoms with van der Waals surface area (Å²) in [5.41, 5.74) is 5.64. The summed E-state index contributed by atoms with van der Waals surface area (Å²) >= 11 is 5.91. The van der Waals surface area contributed by atoms with E-state index >= 15 is 0 Å². The van der Waals surface area contributed by atoms with E-state index in [2.05, 4.69) is 41.7 Å². The predicted octanol–water partition coefficient (Wildman–Crippen LogP) is 5.15. The van der Waals surface area contributed by atoms with Crippen LogP contribution in [0, 0.1) is 6.92 Å². The highest BCUT2D eigenvalue weighted by Crippen LogP contribution is 2.18. The van der Waals surface area contributed by atoms with E-state index in [1.54, 1.807) is 37.4 Å². The maximum absolute atomic E-state index is 12.1. The van der Waals surface area contributed by atoms with Crippen LogP contribution in [0.5, 0.6) is 11.5 Å². The van der Waals surface area contributed by atoms with Crippen molar-refractivity contribution in [3.8, 4) is 11.5 Å². The van der Waals surface area contributed by atoms with Gasteiger partial charge in [0.25, 0.3) is 5.91 Å². The molecular formula is C24H23ClN2O3. The third kappa shape index (κ3) is 6.64. The summed E-state index contributed by atoms with van der Waals surface area (Å²) in [6, 6.07) is 22.6. The Balaban J connectivity index is 1.46. The van der Waals surface area contributed by atoms with Crippen molar-refractivity contribution in [3.63, 3.8) is 0 Å². The van der Waals surface area contributed by atoms with Crippen LogP contribution in [0.15, 0.2) is 77.9 Å². The Bertz CT molecular complexity index is 1000. The molecule has 0 saturated heterocycles. The number of aryl methyl sites for hydroxylation is 1. The first kappa shape index (κ1) is 21.4. The molecule has 0 spiro atoms. The number of nitrogens with zero attached hydrogens (tertiary/aromatic N) is 1. The highest BCUT2D eigenvalue weighted by Gasteiger charge is 2.13. The molecule has 3 aromatic rings. The van der Waals surface area contributed by atoms with Gasteiger partial charge in [-0.15, -0.1) is 0 Å². The highest BCUT2D eigenvalue weighted by molar-refractivity contribution is 6.30. The number of hydrogen-bond acceptors (Lipinski definition) is 4. The summed E-state index contributed by atoms with van der Waals surface area (Å²) in [6.07, 6.45) is 0.853. The molecule has 5 nitrogen and oxygen atoms in total. The molecule has 0 heterocycles. The fraction of sp³-hybridized carbons (Fsp3) is 0.167. The normalized spacial score (nSPS) is 11.8. The van der Waals surface area contributed by atoms with Crippen LogP contribution in [0.1, 0.15) is 23.6 Å². The molecule has 1 unspecified atom stereocenters. The van der Waals surface area contributed by atoms with Crippen molar-refractivity contribution in [2.75, 3.05) is 0 Å². The van der Waals surface area contributed by atoms with Crippen LogP contribution >= 0.6 is 11.6 Å². The van der Waals surface area contributed by atoms with Crippen LogP contribution in [0.25, 0.3) is 0 Å². The topological polar surface area (TPSA) is 59.9 Å². The molecule has 0 radical (unpaired) electrons. The second kappa shape index (κ2) is 10.5. The first-order valence-electron chi connectivity index (χ1n) is 9.53. The second-order valence-electron chi connectivity index (χ2n) is 6.80. The fourth-order valence-electron chi connectivity index (χ4n) is 2.56. The van der Waals surface area contributed by atoms with E-state index < -0.39 is 6.10 Å². The number of hydrazone groups is 1. The third-order valence-electron chi connectivity index (χ3n) is 4.27. The number of rotatable bonds is 8. The number of nitrogens with one attached hydrogen (secondary N) is 1. The number of carbonyl (C=O) groups excluding carboxylic acids is 1. The molecule has 1 atom stereocenters. The third-order valence-corrected chi connectivity index (χ3v) is 4.51. The van der Waals surface area contributed by atoms with Gasteiger partial charge in [-0.05, 0) is 67.4 Å². The molecule has 3 rings (SSSR count). The van der Waals surface area contributed by atoms with E-state index in [-0.39, 0.29) is 5.91 Å². The first-order valence-corrected chi connectivity index (χ1v) is 9.91. The predicted molar refractivity (Wildman–Crippen MR) is 119 cm³/mol. The van der Waals surface area contributed by atoms with Gasteiger partial charge in [-0.2, -0.15) is 5.10 Å². The average Bonchev–Trinajstić information content (AvgIpc) is 2.74. The van der Waals surface area contributed by atoms with E-state index in [1.165, 1.54) is 5.56 Å². The van der Waals surface area contributed by atoms with Gasteiger partial charge in [-0.1, -0.05) is 47.5 Å². The average molecular weight is 423 g/mol. The number of carbonyl (C=O) groups is 1. The minimum Gasteiger partial charge on any atom is -0.489 e. The summed E-state index contributed by atoms with van der Waals surface area (Å²) in [5.74, 6) is 0.930. The van der Waals surface area contributed by atoms with Gasteiger partial charge in [0.2, 0.25) is 0 Å². The molecule has 0 aliphatic heterocycles. The van der Waals surface area contributed by atoms with Crippen molar-refractivity contribution >= 4 is 23.7 Å². The lowest BCUT2D eigenvalue weighted by molar-refractivity contribution is -0.127. The van der Waals surface area contributed by atoms with E-state index in [4.69, 9.17) is 21.1 Å². The SMILES string of the molecule is Cc1ccc(COc2ccc(C=NNC(=O)C(C)Oc3cccc(Cl)c3)cc2)cc1. The lowest BCUT2D eigenvalue weighted by Gasteiger charge is -2.12. The molecule has 6 heteroatoms. The van der Waals surface area contributed by atoms with Gasteiger partial charge in [-0.3, -0.25) is 4.79 Å². The van der Waals surface area contributed by atoms with E-state index in [0.717, 1.165) is 16.9 Å². The van der Waals surface area contributed by atoms with Crippen molar-refractivity contribution in [1.82, 2.24) is 5.43 Å². The molecule has 0 aliphatic carbocycles. The van der Waals surface area contributed by atoms with Crippen molar-refractivity contribution in [2.45, 2.75) is 26.6 Å². The van der Waals surface area contributed by atoms with Crippen LogP contribution in [-0.4, -0.2) is 18.2 Å². The molecular weight excluding hydrogens is 400 g/mol. The summed E-state index contributed by atoms with van der Waals surface area (Å²) in [5, 5.41) is 4.53. The van der Waals surface area contributed by atoms with Crippen LogP contribution in [0.2, 0.25) is 5.02 Å². The first-order chi connectivity index (χ1) is 14.5. The minimum atomic E-state index is -0.710. The smallest absolute Gasteiger partial charge is 0.280 e. The number of hydrogen-bond donors (Lipinski definition) is 1. The largest absolute Gasteiger partial charge is 0.489 e. The summed E-state index contributed by atoms with van der Waals surface area (Å²) in [7, 11) is 0. The Morgan fingerprint density at radius 2 is 1.80 bits per heavy atom. The van der Waals surface area contributed by atoms with Crippen molar-refractivity contribution in [3.05, 3.63) is 94.5 Å². The minimum absolute atomic E-state index is 0.357. The zero-order valence-electron chi connectivity index (χ0n) is 16.8. The standard InChI is InChI=1S/C24H23ClN2O3/c1-17-6-8-20(9-7-17)16-29-22-12-10-19(11-13-22)15-26-27-24(28)18(2)30-23-5-3-4-21(25)14-23/h3-15,18H,16H2,1-2H3,(H,27,28). The molecule has 1 amide bonds. The fourth-order valence-corrected chi connectivity index (χ4v) is 2.74. The van der Waals surface area contributed by atoms with Crippen molar-refractivity contribution in [2.24, 2.45) is 5.10 Å². The van der Waals surface area contributed by atoms with Gasteiger partial charge in [0.05, 0.1) is 6.21 Å². The van der Waals surface area contributed by atoms with Gasteiger partial charge in [0, 0.05) is 5.02 Å². The van der Waals surface area contributed by atoms with Crippen LogP contribution in [-0.2, 0) is 11.4 Å². The number of benzene rings is 3. The molecule has 0 aliphatic rings. The molecule has 154 valence electrons. The Labute approximate surface area is 181 Å². The van der Waals surface area contributed by atoms with Crippen molar-refractivity contribution < 1.29 is 14.3 Å². The maximum atomic E-state index is 12.1. The van der Waals surface area contributed by atoms with Crippen LogP contribution in [0.4, 0.5) is 0 Å². The summed E-state index contributed by atoms with van der Waals surface area (Å²) < 4.78 is 11.3. The second-order valence-corrected chi connectivity index (χ2v) is 7.23. The quantitative estimate of drug-likeness (QED) is 0.403. The number of amides is 1. The Kier molecular flexibility index (Phi) is 7.46. The van der Waals surface area contributed by atoms with Gasteiger partial charge >= 0.3 is 0 Å². The van der Waals surface area contributed by atoms with Gasteiger partial charge in [-0.25, -0.2) is 5.43 Å². The molecule has 0 bridgehead atoms. The van der Waals surface area contributed by atoms with Crippen molar-refractivity contribution in [1.29, 1.82) is 0 Å². The number of halogens is 1. The Morgan fingerprint density at radius 1 is 1.07 bits per heavy atom. The number of ether oxygens (including phenoxy) is 2. The van der Waals surface area contributed by atoms with E-state index in [0.29, 0.717) is 17.4 Å². The zero-order chi connectivity index (χ0) is 21.3. The lowest BCUT2D eigenvalue weighted by Crippen LogP contribution is -2.33. The maximum Gasteiger partial charge on any atom is 0.280 e. The molecule has 0 aromatic heterocycles. The molecule has 30 heavy (non-hydrogen) atoms. The Morgan fingerprint density at radius 3 is 2.50 bits per heavy atom. The lowest BCUT2D eigenvalue weighted by atomic mass is 10.2. The Hall–Kier alpha value is -3.31. The van der Waals surface area contributed by atoms with Crippen LogP contribution in [0.3, 0.4) is 0 Å². The zero-order valence-corrected chi connectivity index (χ0v) is 17.6. The van der Waals surface area contributed by atoms with Gasteiger partial charge in [0.1, 0.15) is 18.1 Å². The van der Waals surface area contributed by atoms with Gasteiger partial charge < -0.3 is 9.47 Å². The molecule has 0 fully saturated rings. The molecule has 1 N–H and O–H groups in total. The molecule has 3 aromatic carbocycles. The van der Waals surface area contributed by atoms with E-state index in [1.807, 2.05) is 24.3 Å². The van der Waals surface area contributed by atoms with Crippen LogP contribution < -0.4 is 14.9 Å². The summed E-state index contributed by atoms with van der Waals surface area (Å²) in [6.45, 7) is 4.21. The monoisotopic (exact) mass is 422 g/mol. The highest BCUT2D eigenvalue weighted by atomic mass is 35.5. The van der Waals surface area contributed by atoms with Gasteiger partial charge in [0.15, 0.2) is 6.10 Å². The van der Waals surface area contributed by atoms with E-state index in [9.17, 15) is 4.79 Å². The summed E-state index contributed by atoms with van der Waals surface area (Å²) in [4.78, 5) is 12.1. The molecule has 0 saturated carbocycles.